The van der Waals surface area contributed by atoms with Crippen LogP contribution in [0.2, 0.25) is 0 Å². The summed E-state index contributed by atoms with van der Waals surface area (Å²) in [5, 5.41) is 10.5. The van der Waals surface area contributed by atoms with Crippen molar-refractivity contribution in [3.8, 4) is 11.5 Å². The monoisotopic (exact) mass is 235 g/mol. The molecular weight excluding hydrogens is 229 g/mol. The van der Waals surface area contributed by atoms with Crippen molar-refractivity contribution in [2.45, 2.75) is 6.36 Å². The Bertz CT molecular complexity index is 400. The van der Waals surface area contributed by atoms with Crippen LogP contribution in [0.3, 0.4) is 0 Å². The summed E-state index contributed by atoms with van der Waals surface area (Å²) in [6.45, 7) is 0. The van der Waals surface area contributed by atoms with Crippen LogP contribution < -0.4 is 14.6 Å². The lowest BCUT2D eigenvalue weighted by molar-refractivity contribution is -0.275. The number of carboxylic acid groups (broad SMARTS) is 1. The predicted molar refractivity (Wildman–Crippen MR) is 44.0 cm³/mol. The molecule has 0 unspecified atom stereocenters. The molecule has 0 saturated heterocycles. The van der Waals surface area contributed by atoms with Gasteiger partial charge in [-0.1, -0.05) is 0 Å². The molecule has 0 amide bonds. The Hall–Kier alpha value is -1.92. The maximum Gasteiger partial charge on any atom is 0.573 e. The molecule has 0 radical (unpaired) electrons. The van der Waals surface area contributed by atoms with Gasteiger partial charge in [-0.15, -0.1) is 13.2 Å². The molecule has 0 bridgehead atoms. The van der Waals surface area contributed by atoms with Gasteiger partial charge in [-0.25, -0.2) is 0 Å². The molecule has 0 N–H and O–H groups in total. The average molecular weight is 235 g/mol. The summed E-state index contributed by atoms with van der Waals surface area (Å²) < 4.78 is 43.8. The molecule has 88 valence electrons. The van der Waals surface area contributed by atoms with Crippen molar-refractivity contribution >= 4 is 5.97 Å². The van der Waals surface area contributed by atoms with Gasteiger partial charge in [0.05, 0.1) is 13.1 Å². The van der Waals surface area contributed by atoms with E-state index in [9.17, 15) is 23.1 Å². The number of ether oxygens (including phenoxy) is 2. The number of methoxy groups -OCH3 is 1. The van der Waals surface area contributed by atoms with Crippen LogP contribution >= 0.6 is 0 Å². The minimum absolute atomic E-state index is 0.0686. The molecule has 0 heterocycles. The zero-order valence-corrected chi connectivity index (χ0v) is 8.00. The van der Waals surface area contributed by atoms with Crippen molar-refractivity contribution in [2.24, 2.45) is 0 Å². The van der Waals surface area contributed by atoms with Gasteiger partial charge in [0.25, 0.3) is 0 Å². The second kappa shape index (κ2) is 4.30. The highest BCUT2D eigenvalue weighted by atomic mass is 19.4. The van der Waals surface area contributed by atoms with Crippen LogP contribution in [0.5, 0.6) is 11.5 Å². The Kier molecular flexibility index (Phi) is 3.26. The number of aromatic carboxylic acids is 1. The minimum Gasteiger partial charge on any atom is -0.545 e. The van der Waals surface area contributed by atoms with E-state index in [0.29, 0.717) is 6.07 Å². The lowest BCUT2D eigenvalue weighted by Gasteiger charge is -2.12. The van der Waals surface area contributed by atoms with Crippen molar-refractivity contribution < 1.29 is 32.5 Å². The molecule has 0 aliphatic carbocycles. The largest absolute Gasteiger partial charge is 0.573 e. The number of hydrogen-bond acceptors (Lipinski definition) is 4. The number of alkyl halides is 3. The van der Waals surface area contributed by atoms with E-state index in [1.165, 1.54) is 7.11 Å². The van der Waals surface area contributed by atoms with E-state index in [1.807, 2.05) is 0 Å². The first kappa shape index (κ1) is 12.2. The van der Waals surface area contributed by atoms with Gasteiger partial charge in [-0.2, -0.15) is 0 Å². The number of benzene rings is 1. The zero-order valence-electron chi connectivity index (χ0n) is 8.00. The van der Waals surface area contributed by atoms with Crippen LogP contribution in [-0.4, -0.2) is 19.4 Å². The molecule has 0 fully saturated rings. The first-order valence-corrected chi connectivity index (χ1v) is 3.98. The quantitative estimate of drug-likeness (QED) is 0.782. The lowest BCUT2D eigenvalue weighted by Crippen LogP contribution is -2.23. The fourth-order valence-corrected chi connectivity index (χ4v) is 1.000. The molecule has 16 heavy (non-hydrogen) atoms. The third-order valence-electron chi connectivity index (χ3n) is 1.59. The molecule has 0 saturated carbocycles. The maximum atomic E-state index is 11.9. The number of carboxylic acids is 1. The van der Waals surface area contributed by atoms with E-state index in [1.54, 1.807) is 0 Å². The maximum absolute atomic E-state index is 11.9. The van der Waals surface area contributed by atoms with Gasteiger partial charge < -0.3 is 19.4 Å². The van der Waals surface area contributed by atoms with Crippen molar-refractivity contribution in [3.63, 3.8) is 0 Å². The average Bonchev–Trinajstić information content (AvgIpc) is 2.14. The Morgan fingerprint density at radius 1 is 1.25 bits per heavy atom. The van der Waals surface area contributed by atoms with Gasteiger partial charge in [-0.05, 0) is 12.1 Å². The molecule has 4 nitrogen and oxygen atoms in total. The second-order valence-corrected chi connectivity index (χ2v) is 2.73. The second-order valence-electron chi connectivity index (χ2n) is 2.73. The van der Waals surface area contributed by atoms with Gasteiger partial charge in [-0.3, -0.25) is 0 Å². The minimum atomic E-state index is -4.89. The van der Waals surface area contributed by atoms with Crippen molar-refractivity contribution in [3.05, 3.63) is 23.8 Å². The van der Waals surface area contributed by atoms with Gasteiger partial charge in [0.1, 0.15) is 11.5 Å². The fourth-order valence-electron chi connectivity index (χ4n) is 1.000. The van der Waals surface area contributed by atoms with Crippen molar-refractivity contribution in [1.29, 1.82) is 0 Å². The highest BCUT2D eigenvalue weighted by molar-refractivity contribution is 5.86. The third kappa shape index (κ3) is 3.34. The zero-order chi connectivity index (χ0) is 12.3. The summed E-state index contributed by atoms with van der Waals surface area (Å²) in [4.78, 5) is 10.5. The van der Waals surface area contributed by atoms with E-state index in [2.05, 4.69) is 9.47 Å². The third-order valence-corrected chi connectivity index (χ3v) is 1.59. The standard InChI is InChI=1S/C9H7F3O4/c1-15-6-2-5(8(13)14)3-7(4-6)16-9(10,11)12/h2-4H,1H3,(H,13,14)/p-1. The molecule has 1 aromatic rings. The normalized spacial score (nSPS) is 11.0. The summed E-state index contributed by atoms with van der Waals surface area (Å²) in [6.07, 6.45) is -4.89. The van der Waals surface area contributed by atoms with E-state index in [4.69, 9.17) is 0 Å². The van der Waals surface area contributed by atoms with Crippen LogP contribution in [0.1, 0.15) is 10.4 Å². The molecule has 0 aliphatic heterocycles. The molecule has 0 atom stereocenters. The Morgan fingerprint density at radius 3 is 2.25 bits per heavy atom. The SMILES string of the molecule is COc1cc(OC(F)(F)F)cc(C(=O)[O-])c1. The lowest BCUT2D eigenvalue weighted by atomic mass is 10.2. The van der Waals surface area contributed by atoms with Crippen molar-refractivity contribution in [2.75, 3.05) is 7.11 Å². The van der Waals surface area contributed by atoms with Crippen LogP contribution in [0.15, 0.2) is 18.2 Å². The van der Waals surface area contributed by atoms with Crippen LogP contribution in [0.4, 0.5) is 13.2 Å². The summed E-state index contributed by atoms with van der Waals surface area (Å²) in [7, 11) is 1.19. The number of carbonyl (C=O) groups is 1. The molecule has 1 aromatic carbocycles. The van der Waals surface area contributed by atoms with Gasteiger partial charge in [0, 0.05) is 11.6 Å². The Labute approximate surface area is 88.2 Å². The first-order chi connectivity index (χ1) is 7.31. The Morgan fingerprint density at radius 2 is 1.81 bits per heavy atom. The summed E-state index contributed by atoms with van der Waals surface area (Å²) in [5.74, 6) is -2.36. The molecule has 0 aliphatic rings. The summed E-state index contributed by atoms with van der Waals surface area (Å²) in [5.41, 5.74) is -0.460. The molecule has 7 heteroatoms. The summed E-state index contributed by atoms with van der Waals surface area (Å²) in [6, 6.07) is 2.64. The highest BCUT2D eigenvalue weighted by Crippen LogP contribution is 2.27. The van der Waals surface area contributed by atoms with Crippen LogP contribution in [0, 0.1) is 0 Å². The summed E-state index contributed by atoms with van der Waals surface area (Å²) >= 11 is 0. The van der Waals surface area contributed by atoms with E-state index < -0.39 is 23.6 Å². The van der Waals surface area contributed by atoms with Gasteiger partial charge in [0.2, 0.25) is 0 Å². The van der Waals surface area contributed by atoms with Crippen molar-refractivity contribution in [1.82, 2.24) is 0 Å². The topological polar surface area (TPSA) is 58.6 Å². The fraction of sp³-hybridized carbons (Fsp3) is 0.222. The number of halogens is 3. The van der Waals surface area contributed by atoms with Gasteiger partial charge in [0.15, 0.2) is 0 Å². The first-order valence-electron chi connectivity index (χ1n) is 3.98. The van der Waals surface area contributed by atoms with E-state index >= 15 is 0 Å². The van der Waals surface area contributed by atoms with Crippen LogP contribution in [-0.2, 0) is 0 Å². The smallest absolute Gasteiger partial charge is 0.545 e. The number of carbonyl (C=O) groups excluding carboxylic acids is 1. The predicted octanol–water partition coefficient (Wildman–Crippen LogP) is 0.957. The highest BCUT2D eigenvalue weighted by Gasteiger charge is 2.31. The molecule has 0 aromatic heterocycles. The number of hydrogen-bond donors (Lipinski definition) is 0. The van der Waals surface area contributed by atoms with E-state index in [-0.39, 0.29) is 5.75 Å². The Balaban J connectivity index is 3.09. The van der Waals surface area contributed by atoms with Gasteiger partial charge >= 0.3 is 6.36 Å². The molecule has 1 rings (SSSR count). The van der Waals surface area contributed by atoms with Crippen LogP contribution in [0.25, 0.3) is 0 Å². The van der Waals surface area contributed by atoms with E-state index in [0.717, 1.165) is 12.1 Å². The molecule has 0 spiro atoms. The molecular formula is C9H6F3O4-. The number of rotatable bonds is 3.